The van der Waals surface area contributed by atoms with E-state index in [0.717, 1.165) is 39.7 Å². The summed E-state index contributed by atoms with van der Waals surface area (Å²) in [4.78, 5) is 25.5. The third-order valence-electron chi connectivity index (χ3n) is 5.98. The number of aliphatic hydroxyl groups excluding tert-OH is 1. The number of nitrogens with zero attached hydrogens (tertiary/aromatic N) is 4. The number of rotatable bonds is 6. The lowest BCUT2D eigenvalue weighted by atomic mass is 10.00. The molecule has 3 atom stereocenters. The molecule has 0 bridgehead atoms. The van der Waals surface area contributed by atoms with Gasteiger partial charge in [0.25, 0.3) is 0 Å². The van der Waals surface area contributed by atoms with E-state index in [1.807, 2.05) is 36.6 Å². The van der Waals surface area contributed by atoms with Gasteiger partial charge in [-0.05, 0) is 37.5 Å². The number of aromatic nitrogens is 4. The van der Waals surface area contributed by atoms with Crippen LogP contribution in [0, 0.1) is 12.8 Å². The van der Waals surface area contributed by atoms with Crippen molar-refractivity contribution in [3.8, 4) is 11.1 Å². The first-order valence-electron chi connectivity index (χ1n) is 10.8. The number of carbonyl (C=O) groups excluding carboxylic acids is 1. The number of hydrogen-bond donors (Lipinski definition) is 2. The molecule has 0 radical (unpaired) electrons. The summed E-state index contributed by atoms with van der Waals surface area (Å²) in [5, 5.41) is 13.9. The minimum Gasteiger partial charge on any atom is -0.387 e. The zero-order valence-electron chi connectivity index (χ0n) is 17.9. The number of imidazole rings is 1. The van der Waals surface area contributed by atoms with Crippen molar-refractivity contribution in [3.05, 3.63) is 54.2 Å². The molecule has 1 aliphatic rings. The highest BCUT2D eigenvalue weighted by molar-refractivity contribution is 5.97. The predicted molar refractivity (Wildman–Crippen MR) is 120 cm³/mol. The number of fused-ring (bicyclic) bond motifs is 3. The topological polar surface area (TPSA) is 92.4 Å². The molecule has 0 spiro atoms. The Kier molecular flexibility index (Phi) is 5.09. The van der Waals surface area contributed by atoms with Crippen LogP contribution in [0.4, 0.5) is 10.2 Å². The van der Waals surface area contributed by atoms with Crippen molar-refractivity contribution < 1.29 is 14.3 Å². The lowest BCUT2D eigenvalue weighted by molar-refractivity contribution is -0.117. The second kappa shape index (κ2) is 7.94. The quantitative estimate of drug-likeness (QED) is 0.471. The minimum atomic E-state index is -1.05. The van der Waals surface area contributed by atoms with Gasteiger partial charge >= 0.3 is 0 Å². The highest BCUT2D eigenvalue weighted by Gasteiger charge is 2.43. The van der Waals surface area contributed by atoms with E-state index < -0.39 is 18.2 Å². The molecule has 7 nitrogen and oxygen atoms in total. The van der Waals surface area contributed by atoms with Crippen LogP contribution < -0.4 is 5.32 Å². The van der Waals surface area contributed by atoms with Gasteiger partial charge < -0.3 is 10.4 Å². The molecule has 164 valence electrons. The Morgan fingerprint density at radius 1 is 1.25 bits per heavy atom. The van der Waals surface area contributed by atoms with Gasteiger partial charge in [0.1, 0.15) is 17.6 Å². The first-order valence-corrected chi connectivity index (χ1v) is 10.8. The second-order valence-corrected chi connectivity index (χ2v) is 8.38. The molecule has 4 aromatic rings. The fraction of sp³-hybridized carbons (Fsp3) is 0.333. The van der Waals surface area contributed by atoms with Crippen LogP contribution in [-0.4, -0.2) is 36.5 Å². The fourth-order valence-corrected chi connectivity index (χ4v) is 4.08. The Morgan fingerprint density at radius 3 is 2.78 bits per heavy atom. The molecule has 0 unspecified atom stereocenters. The summed E-state index contributed by atoms with van der Waals surface area (Å²) in [5.74, 6) is -0.524. The first-order chi connectivity index (χ1) is 15.5. The molecule has 4 aromatic heterocycles. The fourth-order valence-electron chi connectivity index (χ4n) is 4.08. The van der Waals surface area contributed by atoms with E-state index in [2.05, 4.69) is 20.3 Å². The number of halogens is 1. The monoisotopic (exact) mass is 433 g/mol. The molecule has 4 heterocycles. The van der Waals surface area contributed by atoms with Crippen LogP contribution in [0.1, 0.15) is 43.5 Å². The number of amides is 1. The van der Waals surface area contributed by atoms with E-state index in [1.165, 1.54) is 0 Å². The smallest absolute Gasteiger partial charge is 0.231 e. The normalized spacial score (nSPS) is 18.8. The van der Waals surface area contributed by atoms with Crippen LogP contribution in [0.2, 0.25) is 0 Å². The van der Waals surface area contributed by atoms with E-state index >= 15 is 0 Å². The van der Waals surface area contributed by atoms with Gasteiger partial charge in [-0.2, -0.15) is 0 Å². The Bertz CT molecular complexity index is 1330. The van der Waals surface area contributed by atoms with Crippen molar-refractivity contribution in [1.82, 2.24) is 19.4 Å². The molecule has 1 aliphatic carbocycles. The van der Waals surface area contributed by atoms with Crippen molar-refractivity contribution in [2.75, 3.05) is 5.32 Å². The lowest BCUT2D eigenvalue weighted by Gasteiger charge is -2.14. The van der Waals surface area contributed by atoms with Crippen molar-refractivity contribution >= 4 is 28.3 Å². The maximum atomic E-state index is 13.2. The molecule has 1 amide bonds. The largest absolute Gasteiger partial charge is 0.387 e. The van der Waals surface area contributed by atoms with Crippen molar-refractivity contribution in [1.29, 1.82) is 0 Å². The predicted octanol–water partition coefficient (Wildman–Crippen LogP) is 4.38. The zero-order valence-corrected chi connectivity index (χ0v) is 17.9. The van der Waals surface area contributed by atoms with Gasteiger partial charge in [0.15, 0.2) is 0 Å². The number of anilines is 1. The molecule has 1 fully saturated rings. The summed E-state index contributed by atoms with van der Waals surface area (Å²) in [5.41, 5.74) is 5.08. The van der Waals surface area contributed by atoms with Crippen LogP contribution in [0.5, 0.6) is 0 Å². The zero-order chi connectivity index (χ0) is 22.4. The first kappa shape index (κ1) is 20.5. The number of pyridine rings is 3. The summed E-state index contributed by atoms with van der Waals surface area (Å²) in [7, 11) is 0. The van der Waals surface area contributed by atoms with Gasteiger partial charge in [-0.3, -0.25) is 14.2 Å². The molecule has 0 aromatic carbocycles. The summed E-state index contributed by atoms with van der Waals surface area (Å²) in [6.07, 6.45) is 7.25. The molecule has 32 heavy (non-hydrogen) atoms. The maximum Gasteiger partial charge on any atom is 0.231 e. The summed E-state index contributed by atoms with van der Waals surface area (Å²) < 4.78 is 15.1. The minimum absolute atomic E-state index is 0.274. The molecular weight excluding hydrogens is 409 g/mol. The maximum absolute atomic E-state index is 13.2. The van der Waals surface area contributed by atoms with Gasteiger partial charge in [0.2, 0.25) is 5.91 Å². The van der Waals surface area contributed by atoms with E-state index in [4.69, 9.17) is 0 Å². The lowest BCUT2D eigenvalue weighted by Crippen LogP contribution is -2.16. The molecule has 0 saturated heterocycles. The van der Waals surface area contributed by atoms with Gasteiger partial charge in [0.05, 0.1) is 23.2 Å². The summed E-state index contributed by atoms with van der Waals surface area (Å²) >= 11 is 0. The number of nitrogens with one attached hydrogen (secondary N) is 1. The van der Waals surface area contributed by atoms with Crippen molar-refractivity contribution in [3.63, 3.8) is 0 Å². The van der Waals surface area contributed by atoms with Gasteiger partial charge in [-0.25, -0.2) is 14.4 Å². The number of aryl methyl sites for hydroxylation is 1. The summed E-state index contributed by atoms with van der Waals surface area (Å²) in [6, 6.07) is 5.70. The molecule has 5 rings (SSSR count). The molecule has 1 saturated carbocycles. The molecule has 0 aliphatic heterocycles. The number of hydrogen-bond acceptors (Lipinski definition) is 5. The number of aliphatic hydroxyl groups is 1. The van der Waals surface area contributed by atoms with E-state index in [0.29, 0.717) is 17.9 Å². The Labute approximate surface area is 184 Å². The third kappa shape index (κ3) is 3.60. The van der Waals surface area contributed by atoms with Crippen LogP contribution in [0.15, 0.2) is 43.0 Å². The standard InChI is InChI=1S/C24H24FN5O2/c1-3-4-21(31)19-7-13(2)17(12-27-19)15-8-14-11-28-22(29-24(32)16-9-18(16)25)10-20(14)30-6-5-26-23(15)30/h5-8,10-12,16,18,21,31H,3-4,9H2,1-2H3,(H,28,29,32)/t16-,18+,21-/m1/s1. The molecule has 8 heteroatoms. The Balaban J connectivity index is 1.55. The average Bonchev–Trinajstić information content (AvgIpc) is 3.30. The molecular formula is C24H24FN5O2. The van der Waals surface area contributed by atoms with Crippen LogP contribution in [0.25, 0.3) is 27.7 Å². The van der Waals surface area contributed by atoms with Crippen molar-refractivity contribution in [2.24, 2.45) is 5.92 Å². The van der Waals surface area contributed by atoms with Crippen LogP contribution >= 0.6 is 0 Å². The van der Waals surface area contributed by atoms with E-state index in [-0.39, 0.29) is 12.3 Å². The average molecular weight is 433 g/mol. The van der Waals surface area contributed by atoms with Crippen molar-refractivity contribution in [2.45, 2.75) is 45.4 Å². The Hall–Kier alpha value is -3.39. The van der Waals surface area contributed by atoms with Gasteiger partial charge in [0, 0.05) is 47.4 Å². The SMILES string of the molecule is CCC[C@@H](O)c1cc(C)c(-c2cc3cnc(NC(=O)[C@@H]4C[C@@H]4F)cc3n3ccnc23)cn1. The second-order valence-electron chi connectivity index (χ2n) is 8.38. The van der Waals surface area contributed by atoms with E-state index in [9.17, 15) is 14.3 Å². The Morgan fingerprint density at radius 2 is 2.06 bits per heavy atom. The molecule has 2 N–H and O–H groups in total. The van der Waals surface area contributed by atoms with Crippen LogP contribution in [0.3, 0.4) is 0 Å². The number of carbonyl (C=O) groups is 1. The highest BCUT2D eigenvalue weighted by atomic mass is 19.1. The van der Waals surface area contributed by atoms with Gasteiger partial charge in [-0.1, -0.05) is 13.3 Å². The number of alkyl halides is 1. The van der Waals surface area contributed by atoms with Gasteiger partial charge in [-0.15, -0.1) is 0 Å². The highest BCUT2D eigenvalue weighted by Crippen LogP contribution is 2.35. The van der Waals surface area contributed by atoms with Crippen LogP contribution in [-0.2, 0) is 4.79 Å². The van der Waals surface area contributed by atoms with E-state index in [1.54, 1.807) is 24.7 Å². The summed E-state index contributed by atoms with van der Waals surface area (Å²) in [6.45, 7) is 4.03. The third-order valence-corrected chi connectivity index (χ3v) is 5.98.